The number of hydrogen-bond donors (Lipinski definition) is 1. The van der Waals surface area contributed by atoms with Crippen molar-refractivity contribution in [2.75, 3.05) is 20.8 Å². The maximum Gasteiger partial charge on any atom is 0.163 e. The lowest BCUT2D eigenvalue weighted by Crippen LogP contribution is -2.06. The van der Waals surface area contributed by atoms with Crippen LogP contribution >= 0.6 is 0 Å². The summed E-state index contributed by atoms with van der Waals surface area (Å²) in [6.45, 7) is 4.94. The molecular formula is C13H21NO2. The van der Waals surface area contributed by atoms with Crippen LogP contribution in [0.3, 0.4) is 0 Å². The summed E-state index contributed by atoms with van der Waals surface area (Å²) in [5.74, 6) is 2.05. The fraction of sp³-hybridized carbons (Fsp3) is 0.538. The Morgan fingerprint density at radius 1 is 1.25 bits per heavy atom. The molecule has 1 unspecified atom stereocenters. The standard InChI is InChI=1S/C13H21NO2/c1-9(7-8-14)11-5-6-12(15-3)13(16-4)10(11)2/h5-6,9H,7-8,14H2,1-4H3. The van der Waals surface area contributed by atoms with Crippen LogP contribution in [-0.4, -0.2) is 20.8 Å². The predicted molar refractivity (Wildman–Crippen MR) is 66.4 cm³/mol. The molecule has 0 saturated carbocycles. The van der Waals surface area contributed by atoms with E-state index in [4.69, 9.17) is 15.2 Å². The van der Waals surface area contributed by atoms with Gasteiger partial charge in [0.15, 0.2) is 11.5 Å². The molecule has 0 amide bonds. The first-order chi connectivity index (χ1) is 7.65. The maximum absolute atomic E-state index is 5.59. The molecular weight excluding hydrogens is 202 g/mol. The van der Waals surface area contributed by atoms with Crippen LogP contribution in [0.15, 0.2) is 12.1 Å². The molecule has 0 radical (unpaired) electrons. The van der Waals surface area contributed by atoms with Crippen molar-refractivity contribution in [1.82, 2.24) is 0 Å². The molecule has 1 aromatic carbocycles. The first-order valence-corrected chi connectivity index (χ1v) is 5.57. The van der Waals surface area contributed by atoms with Crippen molar-refractivity contribution in [1.29, 1.82) is 0 Å². The summed E-state index contributed by atoms with van der Waals surface area (Å²) in [6, 6.07) is 4.05. The number of nitrogens with two attached hydrogens (primary N) is 1. The van der Waals surface area contributed by atoms with Crippen LogP contribution in [0.4, 0.5) is 0 Å². The topological polar surface area (TPSA) is 44.5 Å². The molecule has 0 fully saturated rings. The van der Waals surface area contributed by atoms with Gasteiger partial charge in [0.05, 0.1) is 14.2 Å². The average Bonchev–Trinajstić information content (AvgIpc) is 2.28. The Balaban J connectivity index is 3.13. The van der Waals surface area contributed by atoms with E-state index >= 15 is 0 Å². The van der Waals surface area contributed by atoms with E-state index in [0.29, 0.717) is 12.5 Å². The molecule has 90 valence electrons. The second-order valence-corrected chi connectivity index (χ2v) is 3.99. The first kappa shape index (κ1) is 12.8. The molecule has 3 nitrogen and oxygen atoms in total. The van der Waals surface area contributed by atoms with Gasteiger partial charge in [0.25, 0.3) is 0 Å². The largest absolute Gasteiger partial charge is 0.493 e. The molecule has 0 saturated heterocycles. The van der Waals surface area contributed by atoms with Crippen LogP contribution in [0.25, 0.3) is 0 Å². The Hall–Kier alpha value is -1.22. The zero-order valence-corrected chi connectivity index (χ0v) is 10.5. The van der Waals surface area contributed by atoms with Crippen molar-refractivity contribution in [2.24, 2.45) is 5.73 Å². The van der Waals surface area contributed by atoms with Crippen molar-refractivity contribution < 1.29 is 9.47 Å². The highest BCUT2D eigenvalue weighted by atomic mass is 16.5. The Morgan fingerprint density at radius 2 is 1.94 bits per heavy atom. The summed E-state index contributed by atoms with van der Waals surface area (Å²) in [6.07, 6.45) is 0.982. The predicted octanol–water partition coefficient (Wildman–Crippen LogP) is 2.46. The van der Waals surface area contributed by atoms with Gasteiger partial charge in [-0.1, -0.05) is 13.0 Å². The van der Waals surface area contributed by atoms with E-state index in [9.17, 15) is 0 Å². The summed E-state index contributed by atoms with van der Waals surface area (Å²) in [5, 5.41) is 0. The Morgan fingerprint density at radius 3 is 2.44 bits per heavy atom. The molecule has 2 N–H and O–H groups in total. The van der Waals surface area contributed by atoms with Gasteiger partial charge in [0.2, 0.25) is 0 Å². The first-order valence-electron chi connectivity index (χ1n) is 5.57. The summed E-state index contributed by atoms with van der Waals surface area (Å²) >= 11 is 0. The quantitative estimate of drug-likeness (QED) is 0.834. The maximum atomic E-state index is 5.59. The minimum absolute atomic E-state index is 0.449. The van der Waals surface area contributed by atoms with Crippen LogP contribution in [0.5, 0.6) is 11.5 Å². The fourth-order valence-electron chi connectivity index (χ4n) is 2.04. The molecule has 1 rings (SSSR count). The number of hydrogen-bond acceptors (Lipinski definition) is 3. The lowest BCUT2D eigenvalue weighted by Gasteiger charge is -2.18. The molecule has 0 spiro atoms. The number of benzene rings is 1. The second-order valence-electron chi connectivity index (χ2n) is 3.99. The zero-order valence-electron chi connectivity index (χ0n) is 10.5. The minimum Gasteiger partial charge on any atom is -0.493 e. The third kappa shape index (κ3) is 2.47. The van der Waals surface area contributed by atoms with Crippen LogP contribution in [0.2, 0.25) is 0 Å². The molecule has 3 heteroatoms. The van der Waals surface area contributed by atoms with Crippen molar-refractivity contribution in [3.8, 4) is 11.5 Å². The van der Waals surface area contributed by atoms with Gasteiger partial charge in [-0.15, -0.1) is 0 Å². The molecule has 0 aliphatic carbocycles. The van der Waals surface area contributed by atoms with Crippen molar-refractivity contribution in [3.05, 3.63) is 23.3 Å². The summed E-state index contributed by atoms with van der Waals surface area (Å²) in [4.78, 5) is 0. The van der Waals surface area contributed by atoms with E-state index in [2.05, 4.69) is 19.9 Å². The van der Waals surface area contributed by atoms with Gasteiger partial charge in [-0.3, -0.25) is 0 Å². The Labute approximate surface area is 97.6 Å². The van der Waals surface area contributed by atoms with Crippen LogP contribution in [0.1, 0.15) is 30.4 Å². The highest BCUT2D eigenvalue weighted by Gasteiger charge is 2.14. The smallest absolute Gasteiger partial charge is 0.163 e. The van der Waals surface area contributed by atoms with Gasteiger partial charge in [-0.2, -0.15) is 0 Å². The molecule has 1 atom stereocenters. The molecule has 1 aromatic rings. The third-order valence-corrected chi connectivity index (χ3v) is 2.97. The van der Waals surface area contributed by atoms with E-state index < -0.39 is 0 Å². The number of ether oxygens (including phenoxy) is 2. The van der Waals surface area contributed by atoms with Gasteiger partial charge in [-0.05, 0) is 43.0 Å². The highest BCUT2D eigenvalue weighted by Crippen LogP contribution is 2.36. The van der Waals surface area contributed by atoms with Crippen molar-refractivity contribution >= 4 is 0 Å². The zero-order chi connectivity index (χ0) is 12.1. The van der Waals surface area contributed by atoms with Gasteiger partial charge >= 0.3 is 0 Å². The van der Waals surface area contributed by atoms with Crippen molar-refractivity contribution in [3.63, 3.8) is 0 Å². The van der Waals surface area contributed by atoms with E-state index in [0.717, 1.165) is 23.5 Å². The lowest BCUT2D eigenvalue weighted by molar-refractivity contribution is 0.352. The SMILES string of the molecule is COc1ccc(C(C)CCN)c(C)c1OC. The van der Waals surface area contributed by atoms with Gasteiger partial charge < -0.3 is 15.2 Å². The summed E-state index contributed by atoms with van der Waals surface area (Å²) < 4.78 is 10.6. The molecule has 0 aromatic heterocycles. The van der Waals surface area contributed by atoms with Crippen LogP contribution in [-0.2, 0) is 0 Å². The van der Waals surface area contributed by atoms with Crippen LogP contribution < -0.4 is 15.2 Å². The normalized spacial score (nSPS) is 12.3. The fourth-order valence-corrected chi connectivity index (χ4v) is 2.04. The Kier molecular flexibility index (Phi) is 4.62. The number of rotatable bonds is 5. The van der Waals surface area contributed by atoms with E-state index in [1.54, 1.807) is 14.2 Å². The second kappa shape index (κ2) is 5.75. The van der Waals surface area contributed by atoms with E-state index in [1.165, 1.54) is 5.56 Å². The minimum atomic E-state index is 0.449. The van der Waals surface area contributed by atoms with Crippen LogP contribution in [0, 0.1) is 6.92 Å². The van der Waals surface area contributed by atoms with Gasteiger partial charge in [0.1, 0.15) is 0 Å². The van der Waals surface area contributed by atoms with E-state index in [1.807, 2.05) is 6.07 Å². The third-order valence-electron chi connectivity index (χ3n) is 2.97. The summed E-state index contributed by atoms with van der Waals surface area (Å²) in [5.41, 5.74) is 8.01. The molecule has 0 bridgehead atoms. The number of methoxy groups -OCH3 is 2. The van der Waals surface area contributed by atoms with Gasteiger partial charge in [0, 0.05) is 0 Å². The average molecular weight is 223 g/mol. The summed E-state index contributed by atoms with van der Waals surface area (Å²) in [7, 11) is 3.32. The lowest BCUT2D eigenvalue weighted by atomic mass is 9.93. The molecule has 0 aliphatic heterocycles. The van der Waals surface area contributed by atoms with E-state index in [-0.39, 0.29) is 0 Å². The monoisotopic (exact) mass is 223 g/mol. The van der Waals surface area contributed by atoms with Gasteiger partial charge in [-0.25, -0.2) is 0 Å². The molecule has 16 heavy (non-hydrogen) atoms. The van der Waals surface area contributed by atoms with Crippen molar-refractivity contribution in [2.45, 2.75) is 26.2 Å². The Bertz CT molecular complexity index is 350. The molecule has 0 aliphatic rings. The molecule has 0 heterocycles. The highest BCUT2D eigenvalue weighted by molar-refractivity contribution is 5.51.